The van der Waals surface area contributed by atoms with Gasteiger partial charge in [-0.3, -0.25) is 28.8 Å². The number of carbonyl (C=O) groups excluding carboxylic acids is 6. The Morgan fingerprint density at radius 3 is 1.49 bits per heavy atom. The van der Waals surface area contributed by atoms with Gasteiger partial charge in [0.1, 0.15) is 54.7 Å². The van der Waals surface area contributed by atoms with Crippen molar-refractivity contribution < 1.29 is 83.1 Å². The van der Waals surface area contributed by atoms with Crippen molar-refractivity contribution in [3.8, 4) is 0 Å². The van der Waals surface area contributed by atoms with Crippen LogP contribution in [0.15, 0.2) is 0 Å². The smallest absolute Gasteiger partial charge is 0.242 e. The second-order valence-corrected chi connectivity index (χ2v) is 18.0. The number of rotatable bonds is 35. The Balaban J connectivity index is 1.78. The average Bonchev–Trinajstić information content (AvgIpc) is 3.31. The van der Waals surface area contributed by atoms with E-state index in [4.69, 9.17) is 23.7 Å². The monoisotopic (exact) mass is 993 g/mol. The molecule has 2 saturated heterocycles. The first-order chi connectivity index (χ1) is 32.9. The summed E-state index contributed by atoms with van der Waals surface area (Å²) >= 11 is 0. The maximum absolute atomic E-state index is 13.3. The highest BCUT2D eigenvalue weighted by Crippen LogP contribution is 2.24. The highest BCUT2D eigenvalue weighted by molar-refractivity contribution is 5.87. The summed E-state index contributed by atoms with van der Waals surface area (Å²) in [6.07, 6.45) is -2.58. The molecule has 0 radical (unpaired) electrons. The van der Waals surface area contributed by atoms with Crippen LogP contribution >= 0.6 is 0 Å². The summed E-state index contributed by atoms with van der Waals surface area (Å²) in [5.41, 5.74) is 0. The van der Waals surface area contributed by atoms with Gasteiger partial charge in [0.15, 0.2) is 12.6 Å². The number of hydrogen-bond acceptors (Lipinski definition) is 17. The van der Waals surface area contributed by atoms with Gasteiger partial charge in [-0.15, -0.1) is 0 Å². The average molecular weight is 993 g/mol. The molecule has 23 heteroatoms. The van der Waals surface area contributed by atoms with E-state index in [2.05, 4.69) is 31.9 Å². The van der Waals surface area contributed by atoms with Gasteiger partial charge >= 0.3 is 0 Å². The van der Waals surface area contributed by atoms with Gasteiger partial charge < -0.3 is 86.2 Å². The lowest BCUT2D eigenvalue weighted by Crippen LogP contribution is -2.64. The van der Waals surface area contributed by atoms with Crippen LogP contribution < -0.4 is 31.9 Å². The van der Waals surface area contributed by atoms with E-state index in [1.807, 2.05) is 13.8 Å². The molecule has 0 saturated carbocycles. The van der Waals surface area contributed by atoms with E-state index in [0.717, 1.165) is 6.42 Å². The highest BCUT2D eigenvalue weighted by atomic mass is 16.7. The molecule has 2 heterocycles. The number of ether oxygens (including phenoxy) is 5. The molecule has 23 nitrogen and oxygen atoms in total. The normalized spacial score (nSPS) is 26.0. The Hall–Kier alpha value is -3.62. The molecule has 0 aromatic carbocycles. The first-order valence-corrected chi connectivity index (χ1v) is 24.6. The second kappa shape index (κ2) is 34.7. The number of amides is 6. The molecule has 0 spiro atoms. The Bertz CT molecular complexity index is 1520. The molecule has 13 unspecified atom stereocenters. The van der Waals surface area contributed by atoms with Crippen molar-refractivity contribution in [3.63, 3.8) is 0 Å². The standard InChI is InChI=1S/C46H84N6O17/c1-28(29(2)65-5)25-49-36(58)19-9-6-13-22-48-44(64)32(52-37(59)20-11-8-16-24-67-46-39(51-31(4)56)43(63)41(61)34(27-54)69-46)17-12-14-21-47-35(57)18-10-7-15-23-66-45-38(50-30(3)55)42(62)40(60)33(26-53)68-45/h28-29,32-34,38-43,45-46,53-54,60-63H,6-27H2,1-5H3,(H,47,57)(H,48,64)(H,49,58)(H,50,55)(H,51,56)(H,52,59). The summed E-state index contributed by atoms with van der Waals surface area (Å²) in [7, 11) is 1.63. The molecular weight excluding hydrogens is 909 g/mol. The summed E-state index contributed by atoms with van der Waals surface area (Å²) < 4.78 is 27.9. The molecule has 2 aliphatic rings. The third kappa shape index (κ3) is 23.9. The number of methoxy groups -OCH3 is 1. The van der Waals surface area contributed by atoms with Crippen molar-refractivity contribution in [3.05, 3.63) is 0 Å². The van der Waals surface area contributed by atoms with Crippen LogP contribution in [0.25, 0.3) is 0 Å². The number of unbranched alkanes of at least 4 members (excludes halogenated alkanes) is 7. The van der Waals surface area contributed by atoms with Crippen LogP contribution in [0.3, 0.4) is 0 Å². The Kier molecular flexibility index (Phi) is 30.9. The van der Waals surface area contributed by atoms with E-state index in [1.165, 1.54) is 13.8 Å². The summed E-state index contributed by atoms with van der Waals surface area (Å²) in [5, 5.41) is 76.9. The molecule has 12 N–H and O–H groups in total. The minimum Gasteiger partial charge on any atom is -0.394 e. The second-order valence-electron chi connectivity index (χ2n) is 18.0. The number of aliphatic hydroxyl groups excluding tert-OH is 6. The first kappa shape index (κ1) is 61.5. The molecule has 13 atom stereocenters. The molecule has 0 aromatic heterocycles. The zero-order valence-corrected chi connectivity index (χ0v) is 41.2. The van der Waals surface area contributed by atoms with Gasteiger partial charge in [-0.2, -0.15) is 0 Å². The van der Waals surface area contributed by atoms with Gasteiger partial charge in [-0.1, -0.05) is 26.2 Å². The minimum absolute atomic E-state index is 0.0254. The van der Waals surface area contributed by atoms with Crippen LogP contribution in [0.2, 0.25) is 0 Å². The third-order valence-electron chi connectivity index (χ3n) is 12.2. The largest absolute Gasteiger partial charge is 0.394 e. The lowest BCUT2D eigenvalue weighted by molar-refractivity contribution is -0.270. The van der Waals surface area contributed by atoms with Crippen LogP contribution in [0.1, 0.15) is 124 Å². The maximum atomic E-state index is 13.3. The Labute approximate surface area is 406 Å². The third-order valence-corrected chi connectivity index (χ3v) is 12.2. The SMILES string of the molecule is COC(C)C(C)CNC(=O)CCCCCNC(=O)C(CCCCNC(=O)CCCCCOC1OC(CO)C(O)C(O)C1NC(C)=O)NC(=O)CCCCCOC1OC(CO)C(O)C(O)C1NC(C)=O. The van der Waals surface area contributed by atoms with E-state index in [0.29, 0.717) is 96.7 Å². The molecule has 400 valence electrons. The molecule has 2 aliphatic heterocycles. The summed E-state index contributed by atoms with van der Waals surface area (Å²) in [6, 6.07) is -2.90. The molecule has 0 aliphatic carbocycles. The number of nitrogens with one attached hydrogen (secondary N) is 6. The van der Waals surface area contributed by atoms with Gasteiger partial charge in [0, 0.05) is 73.1 Å². The molecule has 6 amide bonds. The van der Waals surface area contributed by atoms with E-state index in [-0.39, 0.29) is 61.7 Å². The van der Waals surface area contributed by atoms with Crippen molar-refractivity contribution >= 4 is 35.4 Å². The lowest BCUT2D eigenvalue weighted by atomic mass is 9.97. The molecule has 2 rings (SSSR count). The van der Waals surface area contributed by atoms with Crippen molar-refractivity contribution in [2.24, 2.45) is 5.92 Å². The summed E-state index contributed by atoms with van der Waals surface area (Å²) in [5.74, 6) is -1.58. The summed E-state index contributed by atoms with van der Waals surface area (Å²) in [6.45, 7) is 6.92. The van der Waals surface area contributed by atoms with Crippen molar-refractivity contribution in [2.75, 3.05) is 53.2 Å². The number of carbonyl (C=O) groups is 6. The summed E-state index contributed by atoms with van der Waals surface area (Å²) in [4.78, 5) is 74.5. The fraction of sp³-hybridized carbons (Fsp3) is 0.870. The van der Waals surface area contributed by atoms with Gasteiger partial charge in [-0.05, 0) is 70.6 Å². The predicted octanol–water partition coefficient (Wildman–Crippen LogP) is -1.74. The van der Waals surface area contributed by atoms with Crippen molar-refractivity contribution in [1.29, 1.82) is 0 Å². The molecule has 0 bridgehead atoms. The fourth-order valence-electron chi connectivity index (χ4n) is 7.76. The van der Waals surface area contributed by atoms with Crippen LogP contribution in [0.4, 0.5) is 0 Å². The van der Waals surface area contributed by atoms with E-state index >= 15 is 0 Å². The van der Waals surface area contributed by atoms with Crippen LogP contribution in [-0.4, -0.2) is 193 Å². The topological polar surface area (TPSA) is 342 Å². The van der Waals surface area contributed by atoms with Gasteiger partial charge in [0.25, 0.3) is 0 Å². The minimum atomic E-state index is -1.43. The van der Waals surface area contributed by atoms with Gasteiger partial charge in [0.2, 0.25) is 35.4 Å². The maximum Gasteiger partial charge on any atom is 0.242 e. The van der Waals surface area contributed by atoms with Gasteiger partial charge in [-0.25, -0.2) is 0 Å². The van der Waals surface area contributed by atoms with E-state index in [9.17, 15) is 59.4 Å². The van der Waals surface area contributed by atoms with Crippen LogP contribution in [-0.2, 0) is 52.5 Å². The van der Waals surface area contributed by atoms with Gasteiger partial charge in [0.05, 0.1) is 19.3 Å². The first-order valence-electron chi connectivity index (χ1n) is 24.6. The van der Waals surface area contributed by atoms with E-state index < -0.39 is 92.4 Å². The number of aliphatic hydroxyl groups is 6. The zero-order chi connectivity index (χ0) is 51.3. The van der Waals surface area contributed by atoms with Crippen molar-refractivity contribution in [2.45, 2.75) is 197 Å². The number of hydrogen-bond donors (Lipinski definition) is 12. The predicted molar refractivity (Wildman–Crippen MR) is 248 cm³/mol. The quantitative estimate of drug-likeness (QED) is 0.0314. The molecular formula is C46H84N6O17. The van der Waals surface area contributed by atoms with E-state index in [1.54, 1.807) is 7.11 Å². The molecule has 2 fully saturated rings. The van der Waals surface area contributed by atoms with Crippen LogP contribution in [0.5, 0.6) is 0 Å². The fourth-order valence-corrected chi connectivity index (χ4v) is 7.76. The highest BCUT2D eigenvalue weighted by Gasteiger charge is 2.46. The molecule has 69 heavy (non-hydrogen) atoms. The molecule has 0 aromatic rings. The lowest BCUT2D eigenvalue weighted by Gasteiger charge is -2.42. The Morgan fingerprint density at radius 1 is 0.565 bits per heavy atom. The Morgan fingerprint density at radius 2 is 1.01 bits per heavy atom. The zero-order valence-electron chi connectivity index (χ0n) is 41.2. The van der Waals surface area contributed by atoms with Crippen LogP contribution in [0, 0.1) is 5.92 Å². The van der Waals surface area contributed by atoms with Crippen molar-refractivity contribution in [1.82, 2.24) is 31.9 Å².